The van der Waals surface area contributed by atoms with Gasteiger partial charge in [-0.25, -0.2) is 0 Å². The number of rotatable bonds is 7. The maximum atomic E-state index is 11.4. The minimum Gasteiger partial charge on any atom is -0.385 e. The number of hydrogen-bond donors (Lipinski definition) is 2. The fourth-order valence-corrected chi connectivity index (χ4v) is 1.71. The van der Waals surface area contributed by atoms with Gasteiger partial charge in [0.2, 0.25) is 5.91 Å². The second kappa shape index (κ2) is 7.71. The summed E-state index contributed by atoms with van der Waals surface area (Å²) in [4.78, 5) is 11.4. The van der Waals surface area contributed by atoms with Gasteiger partial charge in [-0.2, -0.15) is 0 Å². The minimum absolute atomic E-state index is 0.0489. The summed E-state index contributed by atoms with van der Waals surface area (Å²) in [7, 11) is 1.67. The molecule has 94 valence electrons. The first-order valence-corrected chi connectivity index (χ1v) is 6.30. The molecule has 0 heterocycles. The van der Waals surface area contributed by atoms with Crippen LogP contribution in [0.4, 0.5) is 5.69 Å². The maximum Gasteiger partial charge on any atom is 0.224 e. The van der Waals surface area contributed by atoms with E-state index in [9.17, 15) is 4.79 Å². The number of anilines is 1. The zero-order valence-electron chi connectivity index (χ0n) is 10.8. The highest BCUT2D eigenvalue weighted by atomic mass is 16.1. The van der Waals surface area contributed by atoms with E-state index in [0.29, 0.717) is 6.42 Å². The average Bonchev–Trinajstić information content (AvgIpc) is 2.36. The second-order valence-corrected chi connectivity index (χ2v) is 4.14. The number of likely N-dealkylation sites (N-methyl/N-ethyl adjacent to an activating group) is 1. The Morgan fingerprint density at radius 1 is 1.24 bits per heavy atom. The zero-order valence-corrected chi connectivity index (χ0v) is 10.8. The van der Waals surface area contributed by atoms with Crippen LogP contribution in [0.2, 0.25) is 0 Å². The van der Waals surface area contributed by atoms with E-state index in [2.05, 4.69) is 17.6 Å². The highest BCUT2D eigenvalue weighted by Gasteiger charge is 2.05. The maximum absolute atomic E-state index is 11.4. The van der Waals surface area contributed by atoms with Crippen LogP contribution in [0.3, 0.4) is 0 Å². The summed E-state index contributed by atoms with van der Waals surface area (Å²) in [6, 6.07) is 7.99. The van der Waals surface area contributed by atoms with Gasteiger partial charge >= 0.3 is 0 Å². The molecule has 0 bridgehead atoms. The molecule has 0 fully saturated rings. The van der Waals surface area contributed by atoms with Crippen molar-refractivity contribution in [2.45, 2.75) is 32.6 Å². The molecule has 1 aromatic carbocycles. The average molecular weight is 234 g/mol. The summed E-state index contributed by atoms with van der Waals surface area (Å²) in [5, 5.41) is 6.05. The monoisotopic (exact) mass is 234 g/mol. The van der Waals surface area contributed by atoms with Gasteiger partial charge in [-0.15, -0.1) is 0 Å². The molecule has 0 saturated heterocycles. The van der Waals surface area contributed by atoms with Gasteiger partial charge in [0.15, 0.2) is 0 Å². The van der Waals surface area contributed by atoms with Crippen LogP contribution in [0, 0.1) is 0 Å². The van der Waals surface area contributed by atoms with E-state index in [1.807, 2.05) is 24.3 Å². The lowest BCUT2D eigenvalue weighted by molar-refractivity contribution is -0.119. The first-order valence-electron chi connectivity index (χ1n) is 6.30. The molecule has 0 atom stereocenters. The predicted molar refractivity (Wildman–Crippen MR) is 72.2 cm³/mol. The first-order chi connectivity index (χ1) is 8.27. The molecule has 0 spiro atoms. The number of carbonyl (C=O) groups excluding carboxylic acids is 1. The Bertz CT molecular complexity index is 350. The van der Waals surface area contributed by atoms with Crippen molar-refractivity contribution in [3.8, 4) is 0 Å². The van der Waals surface area contributed by atoms with E-state index in [-0.39, 0.29) is 5.91 Å². The molecule has 0 aliphatic heterocycles. The Kier molecular flexibility index (Phi) is 6.15. The number of unbranched alkanes of at least 4 members (excludes halogenated alkanes) is 2. The lowest BCUT2D eigenvalue weighted by Crippen LogP contribution is -2.20. The van der Waals surface area contributed by atoms with E-state index in [1.54, 1.807) is 7.05 Å². The lowest BCUT2D eigenvalue weighted by atomic mass is 10.1. The van der Waals surface area contributed by atoms with Gasteiger partial charge < -0.3 is 10.6 Å². The quantitative estimate of drug-likeness (QED) is 0.712. The Hall–Kier alpha value is -1.51. The number of amides is 1. The van der Waals surface area contributed by atoms with E-state index in [1.165, 1.54) is 19.3 Å². The summed E-state index contributed by atoms with van der Waals surface area (Å²) in [6.45, 7) is 3.16. The summed E-state index contributed by atoms with van der Waals surface area (Å²) < 4.78 is 0. The van der Waals surface area contributed by atoms with Gasteiger partial charge in [0.05, 0.1) is 6.42 Å². The van der Waals surface area contributed by atoms with E-state index in [0.717, 1.165) is 17.8 Å². The third-order valence-electron chi connectivity index (χ3n) is 2.74. The lowest BCUT2D eigenvalue weighted by Gasteiger charge is -2.11. The second-order valence-electron chi connectivity index (χ2n) is 4.14. The van der Waals surface area contributed by atoms with Crippen LogP contribution >= 0.6 is 0 Å². The van der Waals surface area contributed by atoms with Gasteiger partial charge in [-0.05, 0) is 18.1 Å². The van der Waals surface area contributed by atoms with Crippen LogP contribution in [-0.2, 0) is 11.2 Å². The molecule has 1 amide bonds. The minimum atomic E-state index is 0.0489. The van der Waals surface area contributed by atoms with Crippen molar-refractivity contribution in [2.75, 3.05) is 18.9 Å². The molecule has 0 aliphatic carbocycles. The van der Waals surface area contributed by atoms with Crippen molar-refractivity contribution in [3.05, 3.63) is 29.8 Å². The van der Waals surface area contributed by atoms with Crippen LogP contribution in [0.25, 0.3) is 0 Å². The SMILES string of the molecule is CCCCCNc1ccccc1CC(=O)NC. The van der Waals surface area contributed by atoms with Crippen LogP contribution in [0.1, 0.15) is 31.7 Å². The molecular weight excluding hydrogens is 212 g/mol. The molecule has 0 radical (unpaired) electrons. The number of benzene rings is 1. The molecule has 1 rings (SSSR count). The van der Waals surface area contributed by atoms with Crippen LogP contribution in [-0.4, -0.2) is 19.5 Å². The van der Waals surface area contributed by atoms with Crippen molar-refractivity contribution in [3.63, 3.8) is 0 Å². The first kappa shape index (κ1) is 13.6. The summed E-state index contributed by atoms with van der Waals surface area (Å²) >= 11 is 0. The molecule has 17 heavy (non-hydrogen) atoms. The molecule has 3 heteroatoms. The molecular formula is C14H22N2O. The molecule has 0 saturated carbocycles. The highest BCUT2D eigenvalue weighted by molar-refractivity contribution is 5.80. The Balaban J connectivity index is 2.54. The van der Waals surface area contributed by atoms with Crippen LogP contribution < -0.4 is 10.6 Å². The number of hydrogen-bond acceptors (Lipinski definition) is 2. The fourth-order valence-electron chi connectivity index (χ4n) is 1.71. The Morgan fingerprint density at radius 2 is 2.00 bits per heavy atom. The zero-order chi connectivity index (χ0) is 12.5. The third-order valence-corrected chi connectivity index (χ3v) is 2.74. The molecule has 3 nitrogen and oxygen atoms in total. The van der Waals surface area contributed by atoms with Gasteiger partial charge in [0.25, 0.3) is 0 Å². The molecule has 0 unspecified atom stereocenters. The Morgan fingerprint density at radius 3 is 2.71 bits per heavy atom. The van der Waals surface area contributed by atoms with E-state index >= 15 is 0 Å². The third kappa shape index (κ3) is 4.89. The van der Waals surface area contributed by atoms with Crippen LogP contribution in [0.15, 0.2) is 24.3 Å². The molecule has 0 aliphatic rings. The predicted octanol–water partition coefficient (Wildman–Crippen LogP) is 2.58. The van der Waals surface area contributed by atoms with Crippen molar-refractivity contribution >= 4 is 11.6 Å². The van der Waals surface area contributed by atoms with Crippen molar-refractivity contribution in [2.24, 2.45) is 0 Å². The van der Waals surface area contributed by atoms with Crippen LogP contribution in [0.5, 0.6) is 0 Å². The fraction of sp³-hybridized carbons (Fsp3) is 0.500. The van der Waals surface area contributed by atoms with E-state index in [4.69, 9.17) is 0 Å². The van der Waals surface area contributed by atoms with Crippen molar-refractivity contribution < 1.29 is 4.79 Å². The highest BCUT2D eigenvalue weighted by Crippen LogP contribution is 2.15. The summed E-state index contributed by atoms with van der Waals surface area (Å²) in [5.41, 5.74) is 2.13. The molecule has 0 aromatic heterocycles. The summed E-state index contributed by atoms with van der Waals surface area (Å²) in [6.07, 6.45) is 4.07. The van der Waals surface area contributed by atoms with Gasteiger partial charge in [-0.3, -0.25) is 4.79 Å². The van der Waals surface area contributed by atoms with Gasteiger partial charge in [0, 0.05) is 19.3 Å². The van der Waals surface area contributed by atoms with Crippen molar-refractivity contribution in [1.29, 1.82) is 0 Å². The van der Waals surface area contributed by atoms with Gasteiger partial charge in [0.1, 0.15) is 0 Å². The molecule has 1 aromatic rings. The normalized spacial score (nSPS) is 10.0. The van der Waals surface area contributed by atoms with E-state index < -0.39 is 0 Å². The Labute approximate surface area is 104 Å². The topological polar surface area (TPSA) is 41.1 Å². The summed E-state index contributed by atoms with van der Waals surface area (Å²) in [5.74, 6) is 0.0489. The van der Waals surface area contributed by atoms with Gasteiger partial charge in [-0.1, -0.05) is 38.0 Å². The van der Waals surface area contributed by atoms with Crippen molar-refractivity contribution in [1.82, 2.24) is 5.32 Å². The standard InChI is InChI=1S/C14H22N2O/c1-3-4-7-10-16-13-9-6-5-8-12(13)11-14(17)15-2/h5-6,8-9,16H,3-4,7,10-11H2,1-2H3,(H,15,17). The molecule has 2 N–H and O–H groups in total. The number of para-hydroxylation sites is 1. The number of carbonyl (C=O) groups is 1. The number of nitrogens with one attached hydrogen (secondary N) is 2. The smallest absolute Gasteiger partial charge is 0.224 e. The largest absolute Gasteiger partial charge is 0.385 e.